The average molecular weight is 170 g/mol. The van der Waals surface area contributed by atoms with Gasteiger partial charge < -0.3 is 21.9 Å². The lowest BCUT2D eigenvalue weighted by Crippen LogP contribution is -2.13. The molecule has 0 unspecified atom stereocenters. The highest BCUT2D eigenvalue weighted by Crippen LogP contribution is 1.78. The van der Waals surface area contributed by atoms with Gasteiger partial charge in [0.15, 0.2) is 0 Å². The number of hydrogen-bond donors (Lipinski definition) is 1. The maximum atomic E-state index is 9.92. The van der Waals surface area contributed by atoms with Crippen molar-refractivity contribution in [2.24, 2.45) is 0 Å². The zero-order valence-corrected chi connectivity index (χ0v) is 6.66. The molecule has 0 amide bonds. The molecule has 0 fully saturated rings. The van der Waals surface area contributed by atoms with Gasteiger partial charge in [-0.05, 0) is 0 Å². The van der Waals surface area contributed by atoms with E-state index in [0.717, 1.165) is 11.6 Å². The van der Waals surface area contributed by atoms with E-state index in [4.69, 9.17) is 0 Å². The van der Waals surface area contributed by atoms with Crippen LogP contribution in [0.25, 0.3) is 0 Å². The van der Waals surface area contributed by atoms with Crippen molar-refractivity contribution < 1.29 is 15.7 Å². The lowest BCUT2D eigenvalue weighted by Gasteiger charge is -1.87. The molecule has 1 rings (SSSR count). The van der Waals surface area contributed by atoms with Gasteiger partial charge in [0.1, 0.15) is 0 Å². The first-order valence-corrected chi connectivity index (χ1v) is 2.77. The summed E-state index contributed by atoms with van der Waals surface area (Å²) >= 11 is 0. The molecule has 1 radical (unpaired) electrons. The molecular weight excluding hydrogens is 157 g/mol. The summed E-state index contributed by atoms with van der Waals surface area (Å²) in [6.45, 7) is 0. The lowest BCUT2D eigenvalue weighted by molar-refractivity contribution is 0.568. The Morgan fingerprint density at radius 3 is 2.00 bits per heavy atom. The van der Waals surface area contributed by atoms with Crippen LogP contribution in [-0.4, -0.2) is 24.4 Å². The van der Waals surface area contributed by atoms with Crippen molar-refractivity contribution in [3.63, 3.8) is 0 Å². The van der Waals surface area contributed by atoms with Crippen LogP contribution in [0.15, 0.2) is 30.3 Å². The average Bonchev–Trinajstić information content (AvgIpc) is 1.91. The number of benzene rings is 1. The Hall–Kier alpha value is -1.17. The fourth-order valence-corrected chi connectivity index (χ4v) is 0.643. The smallest absolute Gasteiger partial charge is 0.236 e. The molecule has 0 saturated heterocycles. The summed E-state index contributed by atoms with van der Waals surface area (Å²) in [5, 5.41) is 0. The summed E-state index contributed by atoms with van der Waals surface area (Å²) in [4.78, 5) is 9.92. The van der Waals surface area contributed by atoms with Crippen molar-refractivity contribution >= 4 is 18.9 Å². The van der Waals surface area contributed by atoms with Crippen molar-refractivity contribution in [3.8, 4) is 0 Å². The van der Waals surface area contributed by atoms with E-state index < -0.39 is 0 Å². The van der Waals surface area contributed by atoms with Crippen molar-refractivity contribution in [1.82, 2.24) is 6.15 Å². The summed E-state index contributed by atoms with van der Waals surface area (Å²) in [5.74, 6) is 0. The second-order valence-electron chi connectivity index (χ2n) is 1.71. The third-order valence-electron chi connectivity index (χ3n) is 1.06. The topological polar surface area (TPSA) is 115 Å². The highest BCUT2D eigenvalue weighted by atomic mass is 16.1. The minimum absolute atomic E-state index is 0. The van der Waals surface area contributed by atoms with Gasteiger partial charge >= 0.3 is 0 Å². The van der Waals surface area contributed by atoms with Crippen LogP contribution in [0.4, 0.5) is 0 Å². The first-order valence-electron chi connectivity index (χ1n) is 2.77. The fourth-order valence-electron chi connectivity index (χ4n) is 0.643. The van der Waals surface area contributed by atoms with Gasteiger partial charge in [-0.1, -0.05) is 35.8 Å². The van der Waals surface area contributed by atoms with Crippen LogP contribution in [0.2, 0.25) is 0 Å². The van der Waals surface area contributed by atoms with E-state index >= 15 is 0 Å². The Balaban J connectivity index is -0.000000270. The predicted octanol–water partition coefficient (Wildman–Crippen LogP) is -1.28. The van der Waals surface area contributed by atoms with Gasteiger partial charge in [-0.3, -0.25) is 0 Å². The second kappa shape index (κ2) is 9.83. The van der Waals surface area contributed by atoms with Crippen molar-refractivity contribution in [3.05, 3.63) is 30.3 Å². The molecule has 0 aliphatic heterocycles. The Labute approximate surface area is 72.0 Å². The Bertz CT molecular complexity index is 193. The Morgan fingerprint density at radius 1 is 1.08 bits per heavy atom. The van der Waals surface area contributed by atoms with Crippen LogP contribution in [0.3, 0.4) is 0 Å². The first kappa shape index (κ1) is 17.1. The molecule has 0 bridgehead atoms. The molecule has 0 saturated carbocycles. The van der Waals surface area contributed by atoms with Crippen LogP contribution in [0, 0.1) is 0 Å². The van der Waals surface area contributed by atoms with Gasteiger partial charge in [-0.2, -0.15) is 0 Å². The maximum Gasteiger partial charge on any atom is 0.236 e. The molecule has 5 heteroatoms. The number of carbonyl (C=O) groups excluding carboxylic acids is 1. The molecule has 0 spiro atoms. The zero-order valence-electron chi connectivity index (χ0n) is 6.66. The van der Waals surface area contributed by atoms with E-state index in [2.05, 4.69) is 0 Å². The van der Waals surface area contributed by atoms with Crippen molar-refractivity contribution in [2.45, 2.75) is 0 Å². The molecule has 7 N–H and O–H groups in total. The second-order valence-corrected chi connectivity index (χ2v) is 1.71. The lowest BCUT2D eigenvalue weighted by atomic mass is 9.73. The third-order valence-corrected chi connectivity index (χ3v) is 1.06. The third kappa shape index (κ3) is 5.61. The van der Waals surface area contributed by atoms with Gasteiger partial charge in [0.25, 0.3) is 0 Å². The minimum atomic E-state index is 0. The number of rotatable bonds is 2. The standard InChI is InChI=1S/C7H6BO.H3N.2H2O/c9-6-8-7-4-2-1-3-5-7;;;/h1-6H;1H3;2*1H2. The van der Waals surface area contributed by atoms with E-state index in [0.29, 0.717) is 0 Å². The summed E-state index contributed by atoms with van der Waals surface area (Å²) in [6.07, 6.45) is 0.787. The van der Waals surface area contributed by atoms with Crippen LogP contribution >= 0.6 is 0 Å². The molecule has 4 nitrogen and oxygen atoms in total. The minimum Gasteiger partial charge on any atom is -0.412 e. The molecule has 0 aliphatic rings. The Morgan fingerprint density at radius 2 is 1.58 bits per heavy atom. The van der Waals surface area contributed by atoms with Gasteiger partial charge in [-0.15, -0.1) is 0 Å². The quantitative estimate of drug-likeness (QED) is 0.439. The molecule has 0 aromatic heterocycles. The fraction of sp³-hybridized carbons (Fsp3) is 0. The molecular formula is C7H13BNO3. The predicted molar refractivity (Wildman–Crippen MR) is 50.8 cm³/mol. The van der Waals surface area contributed by atoms with E-state index in [1.165, 1.54) is 7.28 Å². The highest BCUT2D eigenvalue weighted by molar-refractivity contribution is 6.78. The molecule has 0 heterocycles. The zero-order chi connectivity index (χ0) is 6.53. The molecule has 12 heavy (non-hydrogen) atoms. The molecule has 67 valence electrons. The number of carbonyl (C=O) groups is 1. The molecule has 0 aliphatic carbocycles. The monoisotopic (exact) mass is 170 g/mol. The van der Waals surface area contributed by atoms with Crippen LogP contribution in [0.5, 0.6) is 0 Å². The van der Waals surface area contributed by atoms with Gasteiger partial charge in [0.05, 0.1) is 6.19 Å². The van der Waals surface area contributed by atoms with Gasteiger partial charge in [0.2, 0.25) is 7.28 Å². The summed E-state index contributed by atoms with van der Waals surface area (Å²) in [5.41, 5.74) is 0.951. The van der Waals surface area contributed by atoms with Gasteiger partial charge in [0, 0.05) is 0 Å². The highest BCUT2D eigenvalue weighted by Gasteiger charge is 1.88. The van der Waals surface area contributed by atoms with Crippen molar-refractivity contribution in [1.29, 1.82) is 0 Å². The van der Waals surface area contributed by atoms with E-state index in [1.807, 2.05) is 30.3 Å². The van der Waals surface area contributed by atoms with Crippen LogP contribution in [-0.2, 0) is 4.79 Å². The van der Waals surface area contributed by atoms with Crippen LogP contribution in [0.1, 0.15) is 0 Å². The molecule has 1 aromatic rings. The molecule has 0 atom stereocenters. The maximum absolute atomic E-state index is 9.92. The first-order chi connectivity index (χ1) is 4.43. The van der Waals surface area contributed by atoms with E-state index in [9.17, 15) is 4.79 Å². The van der Waals surface area contributed by atoms with Crippen LogP contribution < -0.4 is 11.6 Å². The van der Waals surface area contributed by atoms with E-state index in [1.54, 1.807) is 0 Å². The SMILES string of the molecule is N.O.O.O=C[B]c1ccccc1. The van der Waals surface area contributed by atoms with Crippen molar-refractivity contribution in [2.75, 3.05) is 0 Å². The Kier molecular flexibility index (Phi) is 14.0. The number of hydrogen-bond acceptors (Lipinski definition) is 2. The normalized spacial score (nSPS) is 6.33. The summed E-state index contributed by atoms with van der Waals surface area (Å²) in [6, 6.07) is 9.48. The van der Waals surface area contributed by atoms with E-state index in [-0.39, 0.29) is 17.1 Å². The largest absolute Gasteiger partial charge is 0.412 e. The summed E-state index contributed by atoms with van der Waals surface area (Å²) < 4.78 is 0. The molecule has 1 aromatic carbocycles. The summed E-state index contributed by atoms with van der Waals surface area (Å²) in [7, 11) is 1.53. The van der Waals surface area contributed by atoms with Gasteiger partial charge in [-0.25, -0.2) is 0 Å².